The Morgan fingerprint density at radius 3 is 2.67 bits per heavy atom. The van der Waals surface area contributed by atoms with E-state index >= 15 is 0 Å². The smallest absolute Gasteiger partial charge is 0.294 e. The van der Waals surface area contributed by atoms with Gasteiger partial charge in [0, 0.05) is 12.1 Å². The molecule has 1 aliphatic rings. The van der Waals surface area contributed by atoms with Crippen LogP contribution >= 0.6 is 0 Å². The highest BCUT2D eigenvalue weighted by atomic mass is 32.2. The Kier molecular flexibility index (Phi) is 4.21. The van der Waals surface area contributed by atoms with Crippen LogP contribution in [0.2, 0.25) is 6.04 Å². The summed E-state index contributed by atoms with van der Waals surface area (Å²) in [6.45, 7) is 2.76. The highest BCUT2D eigenvalue weighted by molar-refractivity contribution is 7.85. The summed E-state index contributed by atoms with van der Waals surface area (Å²) in [6, 6.07) is 7.67. The van der Waals surface area contributed by atoms with Crippen LogP contribution in [0.3, 0.4) is 0 Å². The van der Waals surface area contributed by atoms with E-state index in [0.717, 1.165) is 25.5 Å². The molecule has 0 aliphatic carbocycles. The van der Waals surface area contributed by atoms with Crippen LogP contribution in [0.4, 0.5) is 0 Å². The summed E-state index contributed by atoms with van der Waals surface area (Å²) in [5.74, 6) is 0. The van der Waals surface area contributed by atoms with Crippen LogP contribution in [0, 0.1) is 0 Å². The first kappa shape index (κ1) is 13.7. The monoisotopic (exact) mass is 285 g/mol. The Labute approximate surface area is 109 Å². The van der Waals surface area contributed by atoms with E-state index in [9.17, 15) is 13.0 Å². The molecule has 0 bridgehead atoms. The van der Waals surface area contributed by atoms with Crippen LogP contribution in [0.25, 0.3) is 0 Å². The molecule has 1 N–H and O–H groups in total. The Morgan fingerprint density at radius 1 is 1.33 bits per heavy atom. The van der Waals surface area contributed by atoms with Crippen LogP contribution in [0.1, 0.15) is 30.9 Å². The molecule has 1 unspecified atom stereocenters. The molecule has 18 heavy (non-hydrogen) atoms. The van der Waals surface area contributed by atoms with E-state index in [0.29, 0.717) is 5.56 Å². The van der Waals surface area contributed by atoms with E-state index in [1.165, 1.54) is 6.07 Å². The van der Waals surface area contributed by atoms with E-state index in [4.69, 9.17) is 4.43 Å². The van der Waals surface area contributed by atoms with Crippen molar-refractivity contribution in [2.45, 2.75) is 36.2 Å². The predicted octanol–water partition coefficient (Wildman–Crippen LogP) is 2.38. The molecule has 4 nitrogen and oxygen atoms in total. The van der Waals surface area contributed by atoms with Gasteiger partial charge in [-0.3, -0.25) is 4.55 Å². The summed E-state index contributed by atoms with van der Waals surface area (Å²) < 4.78 is 37.8. The fourth-order valence-electron chi connectivity index (χ4n) is 2.26. The predicted molar refractivity (Wildman–Crippen MR) is 70.4 cm³/mol. The average molecular weight is 285 g/mol. The van der Waals surface area contributed by atoms with Gasteiger partial charge < -0.3 is 4.43 Å². The van der Waals surface area contributed by atoms with E-state index < -0.39 is 19.2 Å². The summed E-state index contributed by atoms with van der Waals surface area (Å²) in [6.07, 6.45) is 2.23. The van der Waals surface area contributed by atoms with E-state index in [1.54, 1.807) is 18.2 Å². The van der Waals surface area contributed by atoms with Crippen molar-refractivity contribution in [2.24, 2.45) is 0 Å². The molecular weight excluding hydrogens is 268 g/mol. The van der Waals surface area contributed by atoms with Gasteiger partial charge in [-0.15, -0.1) is 0 Å². The van der Waals surface area contributed by atoms with Crippen molar-refractivity contribution in [1.29, 1.82) is 0 Å². The number of hydrogen-bond acceptors (Lipinski definition) is 3. The topological polar surface area (TPSA) is 63.6 Å². The first-order valence-corrected chi connectivity index (χ1v) is 9.18. The molecule has 6 heteroatoms. The third-order valence-corrected chi connectivity index (χ3v) is 6.88. The lowest BCUT2D eigenvalue weighted by atomic mass is 10.2. The number of benzene rings is 1. The van der Waals surface area contributed by atoms with Crippen LogP contribution in [-0.4, -0.2) is 28.6 Å². The van der Waals surface area contributed by atoms with Gasteiger partial charge in [0.15, 0.2) is 0 Å². The minimum Gasteiger partial charge on any atom is -0.416 e. The maximum Gasteiger partial charge on any atom is 0.294 e. The number of hydrogen-bond donors (Lipinski definition) is 1. The van der Waals surface area contributed by atoms with Crippen LogP contribution in [0.5, 0.6) is 0 Å². The first-order chi connectivity index (χ1) is 8.50. The minimum atomic E-state index is -4.16. The molecule has 1 fully saturated rings. The van der Waals surface area contributed by atoms with Crippen molar-refractivity contribution in [3.8, 4) is 0 Å². The second kappa shape index (κ2) is 5.52. The second-order valence-electron chi connectivity index (χ2n) is 4.51. The Morgan fingerprint density at radius 2 is 2.06 bits per heavy atom. The zero-order chi connectivity index (χ0) is 13.2. The summed E-state index contributed by atoms with van der Waals surface area (Å²) in [5.41, 5.74) is 0.740. The van der Waals surface area contributed by atoms with Crippen LogP contribution < -0.4 is 0 Å². The fraction of sp³-hybridized carbons (Fsp3) is 0.500. The van der Waals surface area contributed by atoms with Crippen LogP contribution in [-0.2, 0) is 14.5 Å². The normalized spacial score (nSPS) is 19.7. The highest BCUT2D eigenvalue weighted by Crippen LogP contribution is 2.29. The standard InChI is InChI=1S/C12H17O4SSi/c1-10(18-9-5-4-8-16-18)11-6-2-3-7-12(11)17(13,14)15/h2-3,6-7,10H,4-5,8-9H2,1H3,(H,13,14,15). The molecule has 99 valence electrons. The molecule has 1 saturated heterocycles. The van der Waals surface area contributed by atoms with Gasteiger partial charge >= 0.3 is 0 Å². The fourth-order valence-corrected chi connectivity index (χ4v) is 5.59. The third-order valence-electron chi connectivity index (χ3n) is 3.25. The van der Waals surface area contributed by atoms with Crippen molar-refractivity contribution in [3.05, 3.63) is 29.8 Å². The maximum absolute atomic E-state index is 11.4. The SMILES string of the molecule is CC(c1ccccc1S(=O)(=O)O)[Si]1CCCCO1. The lowest BCUT2D eigenvalue weighted by Crippen LogP contribution is -2.30. The molecule has 1 atom stereocenters. The average Bonchev–Trinajstić information content (AvgIpc) is 2.38. The van der Waals surface area contributed by atoms with E-state index in [2.05, 4.69) is 0 Å². The molecule has 2 rings (SSSR count). The Bertz CT molecular complexity index is 509. The Hall–Kier alpha value is -0.693. The van der Waals surface area contributed by atoms with Gasteiger partial charge in [-0.2, -0.15) is 8.42 Å². The lowest BCUT2D eigenvalue weighted by Gasteiger charge is -2.26. The van der Waals surface area contributed by atoms with Gasteiger partial charge in [0.2, 0.25) is 9.04 Å². The molecule has 0 amide bonds. The quantitative estimate of drug-likeness (QED) is 0.684. The minimum absolute atomic E-state index is 0.0178. The second-order valence-corrected chi connectivity index (χ2v) is 8.48. The van der Waals surface area contributed by atoms with Gasteiger partial charge in [0.25, 0.3) is 10.1 Å². The van der Waals surface area contributed by atoms with E-state index in [-0.39, 0.29) is 10.4 Å². The Balaban J connectivity index is 2.32. The van der Waals surface area contributed by atoms with Gasteiger partial charge in [0.05, 0.1) is 4.90 Å². The molecule has 1 aliphatic heterocycles. The molecule has 0 saturated carbocycles. The molecule has 1 radical (unpaired) electrons. The third kappa shape index (κ3) is 3.00. The van der Waals surface area contributed by atoms with Gasteiger partial charge in [-0.05, 0) is 24.1 Å². The molecule has 1 aromatic carbocycles. The maximum atomic E-state index is 11.4. The largest absolute Gasteiger partial charge is 0.416 e. The summed E-state index contributed by atoms with van der Waals surface area (Å²) in [7, 11) is -5.19. The van der Waals surface area contributed by atoms with Crippen LogP contribution in [0.15, 0.2) is 29.2 Å². The highest BCUT2D eigenvalue weighted by Gasteiger charge is 2.29. The van der Waals surface area contributed by atoms with Crippen molar-refractivity contribution >= 4 is 19.2 Å². The van der Waals surface area contributed by atoms with Crippen molar-refractivity contribution < 1.29 is 17.4 Å². The zero-order valence-electron chi connectivity index (χ0n) is 10.3. The van der Waals surface area contributed by atoms with Gasteiger partial charge in [-0.1, -0.05) is 31.5 Å². The lowest BCUT2D eigenvalue weighted by molar-refractivity contribution is 0.281. The first-order valence-electron chi connectivity index (χ1n) is 6.05. The molecule has 0 aromatic heterocycles. The van der Waals surface area contributed by atoms with Gasteiger partial charge in [0.1, 0.15) is 0 Å². The molecule has 1 aromatic rings. The zero-order valence-corrected chi connectivity index (χ0v) is 12.1. The van der Waals surface area contributed by atoms with E-state index in [1.807, 2.05) is 6.92 Å². The van der Waals surface area contributed by atoms with Crippen molar-refractivity contribution in [1.82, 2.24) is 0 Å². The van der Waals surface area contributed by atoms with Crippen molar-refractivity contribution in [2.75, 3.05) is 6.61 Å². The summed E-state index contributed by atoms with van der Waals surface area (Å²) >= 11 is 0. The molecule has 1 heterocycles. The molecular formula is C12H17O4SSi. The summed E-state index contributed by atoms with van der Waals surface area (Å²) in [4.78, 5) is 0.0178. The number of rotatable bonds is 3. The van der Waals surface area contributed by atoms with Crippen molar-refractivity contribution in [3.63, 3.8) is 0 Å². The van der Waals surface area contributed by atoms with Gasteiger partial charge in [-0.25, -0.2) is 0 Å². The summed E-state index contributed by atoms with van der Waals surface area (Å²) in [5, 5.41) is 0. The molecule has 0 spiro atoms.